The first-order chi connectivity index (χ1) is 12.3. The standard InChI is InChI=1S/C19H26N2O3S/c1-23-19-7-3-2-6-18(19)21-10-8-20(9-11-21)13-16(22)14-24-15-17-5-4-12-25-17/h2-7,12,16,22H,8-11,13-15H2,1H3/p+1/t16-/m1/s1. The quantitative estimate of drug-likeness (QED) is 0.736. The molecule has 5 nitrogen and oxygen atoms in total. The second-order valence-electron chi connectivity index (χ2n) is 6.36. The molecule has 6 heteroatoms. The number of nitrogens with one attached hydrogen (secondary N) is 1. The zero-order chi connectivity index (χ0) is 17.5. The molecular formula is C19H27N2O3S+. The number of anilines is 1. The highest BCUT2D eigenvalue weighted by Crippen LogP contribution is 2.27. The fraction of sp³-hybridized carbons (Fsp3) is 0.474. The summed E-state index contributed by atoms with van der Waals surface area (Å²) in [6.45, 7) is 5.70. The number of hydrogen-bond donors (Lipinski definition) is 2. The molecule has 0 bridgehead atoms. The second kappa shape index (κ2) is 9.20. The Morgan fingerprint density at radius 3 is 2.72 bits per heavy atom. The van der Waals surface area contributed by atoms with Crippen molar-refractivity contribution >= 4 is 17.0 Å². The number of hydrogen-bond acceptors (Lipinski definition) is 5. The summed E-state index contributed by atoms with van der Waals surface area (Å²) in [6.07, 6.45) is -0.409. The van der Waals surface area contributed by atoms with Crippen molar-refractivity contribution in [2.75, 3.05) is 51.3 Å². The molecule has 25 heavy (non-hydrogen) atoms. The summed E-state index contributed by atoms with van der Waals surface area (Å²) in [5.41, 5.74) is 1.16. The van der Waals surface area contributed by atoms with Crippen molar-refractivity contribution in [2.45, 2.75) is 12.7 Å². The predicted molar refractivity (Wildman–Crippen MR) is 101 cm³/mol. The summed E-state index contributed by atoms with van der Waals surface area (Å²) < 4.78 is 11.1. The molecule has 2 aromatic rings. The first-order valence-corrected chi connectivity index (χ1v) is 9.64. The monoisotopic (exact) mass is 363 g/mol. The van der Waals surface area contributed by atoms with Gasteiger partial charge in [0.1, 0.15) is 18.4 Å². The van der Waals surface area contributed by atoms with E-state index in [-0.39, 0.29) is 0 Å². The summed E-state index contributed by atoms with van der Waals surface area (Å²) in [7, 11) is 1.72. The largest absolute Gasteiger partial charge is 0.495 e. The molecule has 136 valence electrons. The van der Waals surface area contributed by atoms with Crippen molar-refractivity contribution in [1.29, 1.82) is 0 Å². The van der Waals surface area contributed by atoms with E-state index in [9.17, 15) is 5.11 Å². The van der Waals surface area contributed by atoms with E-state index in [4.69, 9.17) is 9.47 Å². The third kappa shape index (κ3) is 5.19. The number of aliphatic hydroxyl groups excluding tert-OH is 1. The van der Waals surface area contributed by atoms with E-state index in [1.54, 1.807) is 18.4 Å². The molecule has 1 saturated heterocycles. The highest BCUT2D eigenvalue weighted by Gasteiger charge is 2.24. The third-order valence-corrected chi connectivity index (χ3v) is 5.41. The topological polar surface area (TPSA) is 46.4 Å². The van der Waals surface area contributed by atoms with Crippen LogP contribution in [0.2, 0.25) is 0 Å². The number of ether oxygens (including phenoxy) is 2. The van der Waals surface area contributed by atoms with Gasteiger partial charge in [-0.25, -0.2) is 0 Å². The van der Waals surface area contributed by atoms with Crippen LogP contribution in [0.25, 0.3) is 0 Å². The van der Waals surface area contributed by atoms with Gasteiger partial charge in [-0.15, -0.1) is 11.3 Å². The molecule has 2 N–H and O–H groups in total. The van der Waals surface area contributed by atoms with E-state index in [1.807, 2.05) is 29.6 Å². The Morgan fingerprint density at radius 2 is 2.00 bits per heavy atom. The van der Waals surface area contributed by atoms with Crippen LogP contribution in [-0.4, -0.2) is 57.7 Å². The van der Waals surface area contributed by atoms with Crippen molar-refractivity contribution in [3.63, 3.8) is 0 Å². The molecule has 2 heterocycles. The van der Waals surface area contributed by atoms with E-state index in [1.165, 1.54) is 9.78 Å². The van der Waals surface area contributed by atoms with Crippen LogP contribution >= 0.6 is 11.3 Å². The number of thiophene rings is 1. The molecule has 0 saturated carbocycles. The smallest absolute Gasteiger partial charge is 0.142 e. The van der Waals surface area contributed by atoms with Gasteiger partial charge in [0, 0.05) is 4.88 Å². The van der Waals surface area contributed by atoms with Gasteiger partial charge < -0.3 is 24.4 Å². The molecular weight excluding hydrogens is 336 g/mol. The van der Waals surface area contributed by atoms with Crippen molar-refractivity contribution < 1.29 is 19.5 Å². The summed E-state index contributed by atoms with van der Waals surface area (Å²) >= 11 is 1.68. The Balaban J connectivity index is 1.40. The lowest BCUT2D eigenvalue weighted by molar-refractivity contribution is -0.903. The normalized spacial score (nSPS) is 16.8. The average molecular weight is 364 g/mol. The fourth-order valence-corrected chi connectivity index (χ4v) is 3.88. The van der Waals surface area contributed by atoms with E-state index < -0.39 is 6.10 Å². The number of nitrogens with zero attached hydrogens (tertiary/aromatic N) is 1. The minimum Gasteiger partial charge on any atom is -0.495 e. The highest BCUT2D eigenvalue weighted by molar-refractivity contribution is 7.09. The molecule has 0 spiro atoms. The minimum absolute atomic E-state index is 0.400. The van der Waals surface area contributed by atoms with Crippen LogP contribution in [0.15, 0.2) is 41.8 Å². The van der Waals surface area contributed by atoms with Gasteiger partial charge in [0.25, 0.3) is 0 Å². The second-order valence-corrected chi connectivity index (χ2v) is 7.39. The zero-order valence-corrected chi connectivity index (χ0v) is 15.5. The molecule has 1 aromatic carbocycles. The SMILES string of the molecule is COc1ccccc1N1CC[NH+](C[C@@H](O)COCc2cccs2)CC1. The van der Waals surface area contributed by atoms with Crippen LogP contribution < -0.4 is 14.5 Å². The number of rotatable bonds is 8. The molecule has 1 aliphatic heterocycles. The van der Waals surface area contributed by atoms with Crippen LogP contribution in [0.4, 0.5) is 5.69 Å². The van der Waals surface area contributed by atoms with Gasteiger partial charge in [0.05, 0.1) is 52.2 Å². The van der Waals surface area contributed by atoms with Gasteiger partial charge in [-0.2, -0.15) is 0 Å². The van der Waals surface area contributed by atoms with Crippen LogP contribution in [-0.2, 0) is 11.3 Å². The fourth-order valence-electron chi connectivity index (χ4n) is 3.24. The number of benzene rings is 1. The van der Waals surface area contributed by atoms with E-state index in [2.05, 4.69) is 17.0 Å². The van der Waals surface area contributed by atoms with Gasteiger partial charge in [0.2, 0.25) is 0 Å². The van der Waals surface area contributed by atoms with Gasteiger partial charge >= 0.3 is 0 Å². The predicted octanol–water partition coefficient (Wildman–Crippen LogP) is 1.04. The van der Waals surface area contributed by atoms with Crippen LogP contribution in [0, 0.1) is 0 Å². The van der Waals surface area contributed by atoms with Crippen LogP contribution in [0.3, 0.4) is 0 Å². The minimum atomic E-state index is -0.409. The lowest BCUT2D eigenvalue weighted by Gasteiger charge is -2.35. The molecule has 1 aromatic heterocycles. The number of piperazine rings is 1. The van der Waals surface area contributed by atoms with E-state index >= 15 is 0 Å². The Bertz CT molecular complexity index is 627. The van der Waals surface area contributed by atoms with Crippen molar-refractivity contribution in [3.8, 4) is 5.75 Å². The first-order valence-electron chi connectivity index (χ1n) is 8.76. The Hall–Kier alpha value is -1.60. The first kappa shape index (κ1) is 18.2. The molecule has 1 aliphatic rings. The molecule has 1 fully saturated rings. The number of quaternary nitrogens is 1. The molecule has 0 unspecified atom stereocenters. The summed E-state index contributed by atoms with van der Waals surface area (Å²) in [4.78, 5) is 4.99. The maximum absolute atomic E-state index is 10.2. The number of para-hydroxylation sites is 2. The average Bonchev–Trinajstić information content (AvgIpc) is 3.16. The van der Waals surface area contributed by atoms with Gasteiger partial charge in [-0.05, 0) is 23.6 Å². The molecule has 0 aliphatic carbocycles. The van der Waals surface area contributed by atoms with Crippen LogP contribution in [0.5, 0.6) is 5.75 Å². The maximum Gasteiger partial charge on any atom is 0.142 e. The van der Waals surface area contributed by atoms with Crippen molar-refractivity contribution in [3.05, 3.63) is 46.7 Å². The summed E-state index contributed by atoms with van der Waals surface area (Å²) in [5, 5.41) is 12.3. The molecule has 0 radical (unpaired) electrons. The highest BCUT2D eigenvalue weighted by atomic mass is 32.1. The van der Waals surface area contributed by atoms with Crippen LogP contribution in [0.1, 0.15) is 4.88 Å². The van der Waals surface area contributed by atoms with Gasteiger partial charge in [-0.1, -0.05) is 18.2 Å². The molecule has 0 amide bonds. The lowest BCUT2D eigenvalue weighted by atomic mass is 10.2. The summed E-state index contributed by atoms with van der Waals surface area (Å²) in [5.74, 6) is 0.924. The number of aliphatic hydroxyl groups is 1. The zero-order valence-electron chi connectivity index (χ0n) is 14.7. The molecule has 1 atom stereocenters. The van der Waals surface area contributed by atoms with Crippen molar-refractivity contribution in [1.82, 2.24) is 0 Å². The third-order valence-electron chi connectivity index (χ3n) is 4.56. The number of methoxy groups -OCH3 is 1. The van der Waals surface area contributed by atoms with Gasteiger partial charge in [-0.3, -0.25) is 0 Å². The summed E-state index contributed by atoms with van der Waals surface area (Å²) in [6, 6.07) is 12.2. The molecule has 3 rings (SSSR count). The van der Waals surface area contributed by atoms with E-state index in [0.29, 0.717) is 13.2 Å². The Morgan fingerprint density at radius 1 is 1.20 bits per heavy atom. The maximum atomic E-state index is 10.2. The Kier molecular flexibility index (Phi) is 6.69. The van der Waals surface area contributed by atoms with Crippen molar-refractivity contribution in [2.24, 2.45) is 0 Å². The van der Waals surface area contributed by atoms with E-state index in [0.717, 1.165) is 44.2 Å². The lowest BCUT2D eigenvalue weighted by Crippen LogP contribution is -3.16. The Labute approximate surface area is 153 Å². The van der Waals surface area contributed by atoms with Gasteiger partial charge in [0.15, 0.2) is 0 Å².